The molecular formula is C12H16N2S. The molecule has 1 atom stereocenters. The van der Waals surface area contributed by atoms with Gasteiger partial charge in [0.05, 0.1) is 6.04 Å². The molecule has 0 fully saturated rings. The molecule has 0 saturated heterocycles. The van der Waals surface area contributed by atoms with Gasteiger partial charge in [-0.05, 0) is 30.9 Å². The first-order valence-corrected chi connectivity index (χ1v) is 6.34. The molecule has 1 aliphatic heterocycles. The number of benzene rings is 1. The zero-order chi connectivity index (χ0) is 10.8. The van der Waals surface area contributed by atoms with Crippen LogP contribution < -0.4 is 0 Å². The molecule has 1 aliphatic rings. The smallest absolute Gasteiger partial charge is 0.0769 e. The molecule has 3 heteroatoms. The Morgan fingerprint density at radius 2 is 2.00 bits per heavy atom. The van der Waals surface area contributed by atoms with Gasteiger partial charge in [0.15, 0.2) is 0 Å². The normalized spacial score (nSPS) is 20.6. The van der Waals surface area contributed by atoms with Crippen LogP contribution in [-0.2, 0) is 0 Å². The fourth-order valence-electron chi connectivity index (χ4n) is 1.95. The summed E-state index contributed by atoms with van der Waals surface area (Å²) in [7, 11) is 2.05. The number of rotatable bonds is 2. The number of nitrogens with zero attached hydrogens (tertiary/aromatic N) is 2. The fraction of sp³-hybridized carbons (Fsp3) is 0.417. The summed E-state index contributed by atoms with van der Waals surface area (Å²) in [5, 5.41) is 6.49. The van der Waals surface area contributed by atoms with E-state index in [0.717, 1.165) is 6.42 Å². The van der Waals surface area contributed by atoms with E-state index in [9.17, 15) is 0 Å². The Morgan fingerprint density at radius 3 is 2.47 bits per heavy atom. The quantitative estimate of drug-likeness (QED) is 0.711. The third kappa shape index (κ3) is 2.17. The highest BCUT2D eigenvalue weighted by atomic mass is 32.2. The van der Waals surface area contributed by atoms with Crippen molar-refractivity contribution in [3.05, 3.63) is 29.8 Å². The molecule has 0 bridgehead atoms. The first-order chi connectivity index (χ1) is 7.20. The molecule has 1 unspecified atom stereocenters. The standard InChI is InChI=1S/C12H16N2S/c1-9-8-12(14(2)13-9)10-4-6-11(15-3)7-5-10/h4-7,12H,8H2,1-3H3. The van der Waals surface area contributed by atoms with Gasteiger partial charge in [0.25, 0.3) is 0 Å². The molecule has 2 nitrogen and oxygen atoms in total. The van der Waals surface area contributed by atoms with Crippen LogP contribution in [0.1, 0.15) is 24.9 Å². The van der Waals surface area contributed by atoms with Crippen LogP contribution in [0.3, 0.4) is 0 Å². The maximum Gasteiger partial charge on any atom is 0.0769 e. The topological polar surface area (TPSA) is 15.6 Å². The van der Waals surface area contributed by atoms with Crippen LogP contribution in [0, 0.1) is 0 Å². The minimum absolute atomic E-state index is 0.431. The van der Waals surface area contributed by atoms with Crippen molar-refractivity contribution >= 4 is 17.5 Å². The van der Waals surface area contributed by atoms with E-state index in [-0.39, 0.29) is 0 Å². The summed E-state index contributed by atoms with van der Waals surface area (Å²) < 4.78 is 0. The van der Waals surface area contributed by atoms with Gasteiger partial charge in [0.2, 0.25) is 0 Å². The molecule has 0 N–H and O–H groups in total. The van der Waals surface area contributed by atoms with E-state index >= 15 is 0 Å². The summed E-state index contributed by atoms with van der Waals surface area (Å²) in [4.78, 5) is 1.32. The van der Waals surface area contributed by atoms with Crippen molar-refractivity contribution in [1.82, 2.24) is 5.01 Å². The Morgan fingerprint density at radius 1 is 1.33 bits per heavy atom. The third-order valence-electron chi connectivity index (χ3n) is 2.77. The highest BCUT2D eigenvalue weighted by Crippen LogP contribution is 2.29. The minimum Gasteiger partial charge on any atom is -0.292 e. The predicted molar refractivity (Wildman–Crippen MR) is 66.5 cm³/mol. The van der Waals surface area contributed by atoms with Gasteiger partial charge in [0, 0.05) is 24.1 Å². The monoisotopic (exact) mass is 220 g/mol. The summed E-state index contributed by atoms with van der Waals surface area (Å²) in [6.07, 6.45) is 3.15. The average Bonchev–Trinajstić information content (AvgIpc) is 2.58. The zero-order valence-electron chi connectivity index (χ0n) is 9.40. The van der Waals surface area contributed by atoms with E-state index in [1.54, 1.807) is 11.8 Å². The lowest BCUT2D eigenvalue weighted by Crippen LogP contribution is -2.13. The Kier molecular flexibility index (Phi) is 3.00. The minimum atomic E-state index is 0.431. The number of hydrogen-bond acceptors (Lipinski definition) is 3. The molecule has 2 rings (SSSR count). The van der Waals surface area contributed by atoms with Crippen LogP contribution in [0.2, 0.25) is 0 Å². The lowest BCUT2D eigenvalue weighted by atomic mass is 10.0. The molecular weight excluding hydrogens is 204 g/mol. The third-order valence-corrected chi connectivity index (χ3v) is 3.51. The Balaban J connectivity index is 2.17. The van der Waals surface area contributed by atoms with Gasteiger partial charge >= 0.3 is 0 Å². The first kappa shape index (κ1) is 10.6. The van der Waals surface area contributed by atoms with Crippen molar-refractivity contribution in [2.75, 3.05) is 13.3 Å². The Labute approximate surface area is 95.4 Å². The highest BCUT2D eigenvalue weighted by molar-refractivity contribution is 7.98. The summed E-state index contributed by atoms with van der Waals surface area (Å²) in [5.74, 6) is 0. The Hall–Kier alpha value is -0.960. The van der Waals surface area contributed by atoms with E-state index in [1.165, 1.54) is 16.2 Å². The van der Waals surface area contributed by atoms with E-state index in [2.05, 4.69) is 47.6 Å². The lowest BCUT2D eigenvalue weighted by molar-refractivity contribution is 0.290. The zero-order valence-corrected chi connectivity index (χ0v) is 10.2. The van der Waals surface area contributed by atoms with Gasteiger partial charge in [-0.1, -0.05) is 12.1 Å². The average molecular weight is 220 g/mol. The molecule has 15 heavy (non-hydrogen) atoms. The van der Waals surface area contributed by atoms with Crippen molar-refractivity contribution in [2.45, 2.75) is 24.3 Å². The van der Waals surface area contributed by atoms with Crippen LogP contribution in [0.4, 0.5) is 0 Å². The second kappa shape index (κ2) is 4.27. The molecule has 0 aromatic heterocycles. The Bertz CT molecular complexity index is 370. The molecule has 0 saturated carbocycles. The molecule has 0 aliphatic carbocycles. The van der Waals surface area contributed by atoms with E-state index in [1.807, 2.05) is 7.05 Å². The van der Waals surface area contributed by atoms with Crippen molar-refractivity contribution in [2.24, 2.45) is 5.10 Å². The maximum atomic E-state index is 4.43. The van der Waals surface area contributed by atoms with Gasteiger partial charge in [-0.3, -0.25) is 5.01 Å². The fourth-order valence-corrected chi connectivity index (χ4v) is 2.36. The maximum absolute atomic E-state index is 4.43. The van der Waals surface area contributed by atoms with Gasteiger partial charge in [-0.2, -0.15) is 5.10 Å². The largest absolute Gasteiger partial charge is 0.292 e. The van der Waals surface area contributed by atoms with E-state index < -0.39 is 0 Å². The van der Waals surface area contributed by atoms with Gasteiger partial charge < -0.3 is 0 Å². The molecule has 1 heterocycles. The molecule has 1 aromatic carbocycles. The molecule has 0 spiro atoms. The van der Waals surface area contributed by atoms with Gasteiger partial charge in [-0.15, -0.1) is 11.8 Å². The summed E-state index contributed by atoms with van der Waals surface area (Å²) in [5.41, 5.74) is 2.58. The lowest BCUT2D eigenvalue weighted by Gasteiger charge is -2.19. The van der Waals surface area contributed by atoms with E-state index in [4.69, 9.17) is 0 Å². The number of hydrogen-bond donors (Lipinski definition) is 0. The van der Waals surface area contributed by atoms with Crippen LogP contribution >= 0.6 is 11.8 Å². The molecule has 0 radical (unpaired) electrons. The second-order valence-corrected chi connectivity index (χ2v) is 4.78. The van der Waals surface area contributed by atoms with Gasteiger partial charge in [0.1, 0.15) is 0 Å². The van der Waals surface area contributed by atoms with E-state index in [0.29, 0.717) is 6.04 Å². The number of hydrazone groups is 1. The van der Waals surface area contributed by atoms with Crippen LogP contribution in [0.25, 0.3) is 0 Å². The first-order valence-electron chi connectivity index (χ1n) is 5.11. The van der Waals surface area contributed by atoms with Crippen LogP contribution in [-0.4, -0.2) is 24.0 Å². The van der Waals surface area contributed by atoms with Crippen molar-refractivity contribution < 1.29 is 0 Å². The van der Waals surface area contributed by atoms with Gasteiger partial charge in [-0.25, -0.2) is 0 Å². The second-order valence-electron chi connectivity index (χ2n) is 3.90. The molecule has 80 valence electrons. The summed E-state index contributed by atoms with van der Waals surface area (Å²) in [6, 6.07) is 9.21. The van der Waals surface area contributed by atoms with Crippen LogP contribution in [0.15, 0.2) is 34.3 Å². The molecule has 1 aromatic rings. The van der Waals surface area contributed by atoms with Crippen LogP contribution in [0.5, 0.6) is 0 Å². The summed E-state index contributed by atoms with van der Waals surface area (Å²) in [6.45, 7) is 2.09. The number of thioether (sulfide) groups is 1. The SMILES string of the molecule is CSc1ccc(C2CC(C)=NN2C)cc1. The van der Waals surface area contributed by atoms with Crippen molar-refractivity contribution in [3.63, 3.8) is 0 Å². The van der Waals surface area contributed by atoms with Crippen molar-refractivity contribution in [3.8, 4) is 0 Å². The van der Waals surface area contributed by atoms with Crippen molar-refractivity contribution in [1.29, 1.82) is 0 Å². The molecule has 0 amide bonds. The summed E-state index contributed by atoms with van der Waals surface area (Å²) >= 11 is 1.78. The predicted octanol–water partition coefficient (Wildman–Crippen LogP) is 3.16. The highest BCUT2D eigenvalue weighted by Gasteiger charge is 2.22.